The normalized spacial score (nSPS) is 17.5. The molecule has 2 N–H and O–H groups in total. The van der Waals surface area contributed by atoms with E-state index in [4.69, 9.17) is 0 Å². The topological polar surface area (TPSA) is 42.9 Å². The van der Waals surface area contributed by atoms with Crippen molar-refractivity contribution in [3.63, 3.8) is 0 Å². The smallest absolute Gasteiger partial charge is 0.191 e. The minimum atomic E-state index is 0.717. The highest BCUT2D eigenvalue weighted by Gasteiger charge is 2.11. The van der Waals surface area contributed by atoms with Gasteiger partial charge in [-0.2, -0.15) is 0 Å². The van der Waals surface area contributed by atoms with Gasteiger partial charge in [-0.1, -0.05) is 30.3 Å². The maximum Gasteiger partial charge on any atom is 0.191 e. The predicted octanol–water partition coefficient (Wildman–Crippen LogP) is 1.77. The van der Waals surface area contributed by atoms with Crippen LogP contribution >= 0.6 is 0 Å². The van der Waals surface area contributed by atoms with Crippen molar-refractivity contribution in [2.75, 3.05) is 52.9 Å². The van der Waals surface area contributed by atoms with Gasteiger partial charge in [-0.25, -0.2) is 4.99 Å². The molecular weight excluding hydrogens is 298 g/mol. The van der Waals surface area contributed by atoms with E-state index in [1.807, 2.05) is 6.07 Å². The van der Waals surface area contributed by atoms with E-state index in [9.17, 15) is 0 Å². The summed E-state index contributed by atoms with van der Waals surface area (Å²) in [7, 11) is 2.22. The first-order valence-corrected chi connectivity index (χ1v) is 9.25. The van der Waals surface area contributed by atoms with E-state index in [-0.39, 0.29) is 0 Å². The number of guanidine groups is 1. The lowest BCUT2D eigenvalue weighted by atomic mass is 10.2. The Bertz CT molecular complexity index is 474. The molecule has 5 nitrogen and oxygen atoms in total. The summed E-state index contributed by atoms with van der Waals surface area (Å²) in [6.45, 7) is 10.7. The van der Waals surface area contributed by atoms with E-state index < -0.39 is 0 Å². The fourth-order valence-electron chi connectivity index (χ4n) is 2.93. The maximum absolute atomic E-state index is 4.67. The number of hydrogen-bond donors (Lipinski definition) is 2. The lowest BCUT2D eigenvalue weighted by Gasteiger charge is -2.20. The molecule has 0 spiro atoms. The molecule has 24 heavy (non-hydrogen) atoms. The van der Waals surface area contributed by atoms with Crippen molar-refractivity contribution in [3.8, 4) is 0 Å². The van der Waals surface area contributed by atoms with E-state index in [1.54, 1.807) is 0 Å². The van der Waals surface area contributed by atoms with Crippen molar-refractivity contribution in [1.82, 2.24) is 20.4 Å². The highest BCUT2D eigenvalue weighted by atomic mass is 15.2. The summed E-state index contributed by atoms with van der Waals surface area (Å²) in [5, 5.41) is 6.78. The molecule has 1 fully saturated rings. The summed E-state index contributed by atoms with van der Waals surface area (Å²) in [5.74, 6) is 0.914. The van der Waals surface area contributed by atoms with Gasteiger partial charge in [-0.15, -0.1) is 0 Å². The quantitative estimate of drug-likeness (QED) is 0.454. The molecule has 0 saturated carbocycles. The summed E-state index contributed by atoms with van der Waals surface area (Å²) < 4.78 is 0. The van der Waals surface area contributed by atoms with Crippen molar-refractivity contribution < 1.29 is 0 Å². The third-order valence-corrected chi connectivity index (χ3v) is 4.36. The fraction of sp³-hybridized carbons (Fsp3) is 0.632. The van der Waals surface area contributed by atoms with E-state index in [1.165, 1.54) is 44.7 Å². The summed E-state index contributed by atoms with van der Waals surface area (Å²) in [5.41, 5.74) is 1.24. The summed E-state index contributed by atoms with van der Waals surface area (Å²) in [4.78, 5) is 9.68. The molecule has 0 aromatic heterocycles. The highest BCUT2D eigenvalue weighted by Crippen LogP contribution is 2.02. The average molecular weight is 332 g/mol. The molecular formula is C19H33N5. The molecule has 0 amide bonds. The van der Waals surface area contributed by atoms with Crippen LogP contribution in [0.4, 0.5) is 0 Å². The van der Waals surface area contributed by atoms with Gasteiger partial charge in [0.15, 0.2) is 5.96 Å². The van der Waals surface area contributed by atoms with Gasteiger partial charge in [0.05, 0.1) is 6.54 Å². The molecule has 0 bridgehead atoms. The Labute approximate surface area is 147 Å². The van der Waals surface area contributed by atoms with E-state index in [0.29, 0.717) is 6.54 Å². The lowest BCUT2D eigenvalue weighted by molar-refractivity contribution is 0.274. The monoisotopic (exact) mass is 331 g/mol. The van der Waals surface area contributed by atoms with Crippen LogP contribution in [0.15, 0.2) is 35.3 Å². The fourth-order valence-corrected chi connectivity index (χ4v) is 2.93. The number of hydrogen-bond acceptors (Lipinski definition) is 3. The van der Waals surface area contributed by atoms with Crippen LogP contribution in [0.5, 0.6) is 0 Å². The zero-order valence-electron chi connectivity index (χ0n) is 15.3. The summed E-state index contributed by atoms with van der Waals surface area (Å²) in [6, 6.07) is 10.4. The van der Waals surface area contributed by atoms with Crippen LogP contribution in [-0.2, 0) is 6.54 Å². The van der Waals surface area contributed by atoms with Crippen molar-refractivity contribution in [3.05, 3.63) is 35.9 Å². The number of likely N-dealkylation sites (N-methyl/N-ethyl adjacent to an activating group) is 1. The summed E-state index contributed by atoms with van der Waals surface area (Å²) in [6.07, 6.45) is 2.44. The first kappa shape index (κ1) is 18.7. The van der Waals surface area contributed by atoms with Crippen molar-refractivity contribution in [1.29, 1.82) is 0 Å². The molecule has 0 aliphatic carbocycles. The van der Waals surface area contributed by atoms with Crippen molar-refractivity contribution >= 4 is 5.96 Å². The number of nitrogens with zero attached hydrogens (tertiary/aromatic N) is 3. The Hall–Kier alpha value is -1.59. The van der Waals surface area contributed by atoms with Gasteiger partial charge in [0.25, 0.3) is 0 Å². The first-order valence-electron chi connectivity index (χ1n) is 9.25. The number of aliphatic imine (C=N–C) groups is 1. The second-order valence-corrected chi connectivity index (χ2v) is 6.46. The van der Waals surface area contributed by atoms with Crippen LogP contribution in [0.25, 0.3) is 0 Å². The van der Waals surface area contributed by atoms with Gasteiger partial charge in [-0.05, 0) is 52.0 Å². The molecule has 134 valence electrons. The molecule has 0 radical (unpaired) electrons. The Morgan fingerprint density at radius 3 is 2.71 bits per heavy atom. The molecule has 2 rings (SSSR count). The van der Waals surface area contributed by atoms with Crippen LogP contribution in [0.3, 0.4) is 0 Å². The van der Waals surface area contributed by atoms with Gasteiger partial charge >= 0.3 is 0 Å². The molecule has 0 unspecified atom stereocenters. The zero-order valence-corrected chi connectivity index (χ0v) is 15.3. The van der Waals surface area contributed by atoms with Crippen LogP contribution in [-0.4, -0.2) is 68.6 Å². The zero-order chi connectivity index (χ0) is 17.0. The Kier molecular flexibility index (Phi) is 8.63. The number of benzene rings is 1. The molecule has 1 heterocycles. The lowest BCUT2D eigenvalue weighted by Crippen LogP contribution is -2.39. The van der Waals surface area contributed by atoms with Crippen LogP contribution < -0.4 is 10.6 Å². The Balaban J connectivity index is 1.69. The summed E-state index contributed by atoms with van der Waals surface area (Å²) >= 11 is 0. The Morgan fingerprint density at radius 2 is 1.92 bits per heavy atom. The molecule has 1 aliphatic heterocycles. The molecule has 1 saturated heterocycles. The van der Waals surface area contributed by atoms with E-state index >= 15 is 0 Å². The van der Waals surface area contributed by atoms with Gasteiger partial charge < -0.3 is 20.4 Å². The van der Waals surface area contributed by atoms with Gasteiger partial charge in [0.1, 0.15) is 0 Å². The van der Waals surface area contributed by atoms with Crippen molar-refractivity contribution in [2.24, 2.45) is 4.99 Å². The number of nitrogens with one attached hydrogen (secondary N) is 2. The second-order valence-electron chi connectivity index (χ2n) is 6.46. The maximum atomic E-state index is 4.67. The van der Waals surface area contributed by atoms with Gasteiger partial charge in [-0.3, -0.25) is 0 Å². The predicted molar refractivity (Wildman–Crippen MR) is 102 cm³/mol. The molecule has 1 aliphatic rings. The van der Waals surface area contributed by atoms with Gasteiger partial charge in [0.2, 0.25) is 0 Å². The molecule has 0 atom stereocenters. The van der Waals surface area contributed by atoms with Gasteiger partial charge in [0, 0.05) is 26.2 Å². The van der Waals surface area contributed by atoms with Crippen molar-refractivity contribution in [2.45, 2.75) is 26.3 Å². The minimum Gasteiger partial charge on any atom is -0.357 e. The highest BCUT2D eigenvalue weighted by molar-refractivity contribution is 5.79. The molecule has 5 heteroatoms. The first-order chi connectivity index (χ1) is 11.8. The largest absolute Gasteiger partial charge is 0.357 e. The van der Waals surface area contributed by atoms with Crippen LogP contribution in [0, 0.1) is 0 Å². The van der Waals surface area contributed by atoms with Crippen LogP contribution in [0.1, 0.15) is 25.3 Å². The molecule has 1 aromatic carbocycles. The van der Waals surface area contributed by atoms with E-state index in [0.717, 1.165) is 25.5 Å². The minimum absolute atomic E-state index is 0.717. The second kappa shape index (κ2) is 11.0. The third-order valence-electron chi connectivity index (χ3n) is 4.36. The Morgan fingerprint density at radius 1 is 1.08 bits per heavy atom. The third kappa shape index (κ3) is 7.32. The van der Waals surface area contributed by atoms with E-state index in [2.05, 4.69) is 63.7 Å². The number of rotatable bonds is 7. The average Bonchev–Trinajstić information content (AvgIpc) is 2.81. The SMILES string of the molecule is CCNC(=NCc1ccccc1)NCCCN1CCCN(C)CC1. The molecule has 1 aromatic rings. The standard InChI is InChI=1S/C19H33N5/c1-3-20-19(22-17-18-9-5-4-6-10-18)21-11-7-13-24-14-8-12-23(2)15-16-24/h4-6,9-10H,3,7-8,11-17H2,1-2H3,(H2,20,21,22). The van der Waals surface area contributed by atoms with Crippen LogP contribution in [0.2, 0.25) is 0 Å².